The molecule has 0 aliphatic carbocycles. The molecule has 0 saturated carbocycles. The van der Waals surface area contributed by atoms with Gasteiger partial charge in [0.1, 0.15) is 17.8 Å². The summed E-state index contributed by atoms with van der Waals surface area (Å²) in [6, 6.07) is 16.9. The van der Waals surface area contributed by atoms with Crippen molar-refractivity contribution in [1.82, 2.24) is 24.8 Å². The second-order valence-electron chi connectivity index (χ2n) is 6.58. The number of carbonyl (C=O) groups is 1. The lowest BCUT2D eigenvalue weighted by atomic mass is 10.1. The third kappa shape index (κ3) is 4.45. The molecule has 0 unspecified atom stereocenters. The monoisotopic (exact) mass is 417 g/mol. The van der Waals surface area contributed by atoms with Crippen LogP contribution in [0.3, 0.4) is 0 Å². The molecular formula is C22H16FN5O3. The fraction of sp³-hybridized carbons (Fsp3) is 0.0455. The van der Waals surface area contributed by atoms with Crippen LogP contribution in [0.2, 0.25) is 0 Å². The van der Waals surface area contributed by atoms with E-state index in [1.54, 1.807) is 48.5 Å². The molecular weight excluding hydrogens is 401 g/mol. The summed E-state index contributed by atoms with van der Waals surface area (Å²) in [7, 11) is 0. The number of nitrogens with zero attached hydrogens (tertiary/aromatic N) is 3. The molecule has 2 heterocycles. The molecule has 31 heavy (non-hydrogen) atoms. The van der Waals surface area contributed by atoms with E-state index in [1.807, 2.05) is 0 Å². The molecule has 2 aromatic carbocycles. The van der Waals surface area contributed by atoms with Gasteiger partial charge in [0, 0.05) is 11.6 Å². The van der Waals surface area contributed by atoms with Gasteiger partial charge in [0.2, 0.25) is 0 Å². The van der Waals surface area contributed by atoms with E-state index in [0.29, 0.717) is 22.6 Å². The van der Waals surface area contributed by atoms with Crippen molar-refractivity contribution in [3.8, 4) is 16.9 Å². The zero-order valence-electron chi connectivity index (χ0n) is 16.1. The lowest BCUT2D eigenvalue weighted by molar-refractivity contribution is 0.0944. The second-order valence-corrected chi connectivity index (χ2v) is 6.58. The Morgan fingerprint density at radius 2 is 1.74 bits per heavy atom. The number of halogens is 1. The minimum Gasteiger partial charge on any atom is -0.345 e. The standard InChI is InChI=1S/C22H16FN5O3/c23-15-8-6-14(7-9-15)18-10-16(25-13-26-18)12-24-21(30)19-11-20(29)28(22(31)27-19)17-4-2-1-3-5-17/h1-11,13H,12H2,(H,24,30)(H,27,31). The van der Waals surface area contributed by atoms with Gasteiger partial charge in [-0.3, -0.25) is 9.59 Å². The van der Waals surface area contributed by atoms with Crippen molar-refractivity contribution in [2.24, 2.45) is 0 Å². The Balaban J connectivity index is 1.51. The van der Waals surface area contributed by atoms with E-state index in [0.717, 1.165) is 10.6 Å². The first-order valence-corrected chi connectivity index (χ1v) is 9.28. The van der Waals surface area contributed by atoms with Gasteiger partial charge in [-0.25, -0.2) is 23.7 Å². The highest BCUT2D eigenvalue weighted by Gasteiger charge is 2.12. The van der Waals surface area contributed by atoms with E-state index in [4.69, 9.17) is 0 Å². The van der Waals surface area contributed by atoms with E-state index >= 15 is 0 Å². The summed E-state index contributed by atoms with van der Waals surface area (Å²) in [5.74, 6) is -0.982. The molecule has 1 amide bonds. The average molecular weight is 417 g/mol. The molecule has 8 nitrogen and oxygen atoms in total. The molecule has 4 rings (SSSR count). The number of carbonyl (C=O) groups excluding carboxylic acids is 1. The number of aromatic amines is 1. The summed E-state index contributed by atoms with van der Waals surface area (Å²) in [5.41, 5.74) is 0.668. The van der Waals surface area contributed by atoms with Crippen LogP contribution in [0, 0.1) is 5.82 Å². The number of nitrogens with one attached hydrogen (secondary N) is 2. The molecule has 0 atom stereocenters. The Morgan fingerprint density at radius 1 is 1.00 bits per heavy atom. The van der Waals surface area contributed by atoms with Gasteiger partial charge in [-0.15, -0.1) is 0 Å². The highest BCUT2D eigenvalue weighted by Crippen LogP contribution is 2.17. The first-order valence-electron chi connectivity index (χ1n) is 9.28. The van der Waals surface area contributed by atoms with Crippen molar-refractivity contribution >= 4 is 5.91 Å². The Kier molecular flexibility index (Phi) is 5.48. The highest BCUT2D eigenvalue weighted by atomic mass is 19.1. The minimum absolute atomic E-state index is 0.0410. The molecule has 0 spiro atoms. The maximum absolute atomic E-state index is 13.1. The Morgan fingerprint density at radius 3 is 2.45 bits per heavy atom. The first kappa shape index (κ1) is 19.9. The van der Waals surface area contributed by atoms with Crippen LogP contribution in [0.5, 0.6) is 0 Å². The molecule has 0 fully saturated rings. The van der Waals surface area contributed by atoms with Crippen LogP contribution in [0.15, 0.2) is 82.6 Å². The number of rotatable bonds is 5. The highest BCUT2D eigenvalue weighted by molar-refractivity contribution is 5.92. The number of amides is 1. The van der Waals surface area contributed by atoms with Gasteiger partial charge in [-0.2, -0.15) is 0 Å². The van der Waals surface area contributed by atoms with Gasteiger partial charge in [-0.05, 0) is 42.5 Å². The number of para-hydroxylation sites is 1. The van der Waals surface area contributed by atoms with Crippen molar-refractivity contribution in [3.05, 3.63) is 111 Å². The second kappa shape index (κ2) is 8.54. The van der Waals surface area contributed by atoms with Crippen molar-refractivity contribution in [2.45, 2.75) is 6.54 Å². The third-order valence-corrected chi connectivity index (χ3v) is 4.49. The van der Waals surface area contributed by atoms with Gasteiger partial charge in [0.05, 0.1) is 23.6 Å². The van der Waals surface area contributed by atoms with Crippen molar-refractivity contribution in [1.29, 1.82) is 0 Å². The van der Waals surface area contributed by atoms with E-state index in [1.165, 1.54) is 18.5 Å². The number of benzene rings is 2. The van der Waals surface area contributed by atoms with Gasteiger partial charge < -0.3 is 10.3 Å². The predicted molar refractivity (Wildman–Crippen MR) is 111 cm³/mol. The maximum atomic E-state index is 13.1. The summed E-state index contributed by atoms with van der Waals surface area (Å²) in [6.07, 6.45) is 1.34. The summed E-state index contributed by atoms with van der Waals surface area (Å²) >= 11 is 0. The molecule has 0 aliphatic rings. The predicted octanol–water partition coefficient (Wildman–Crippen LogP) is 2.05. The number of aromatic nitrogens is 4. The fourth-order valence-corrected chi connectivity index (χ4v) is 2.98. The van der Waals surface area contributed by atoms with Crippen LogP contribution >= 0.6 is 0 Å². The van der Waals surface area contributed by atoms with Gasteiger partial charge in [-0.1, -0.05) is 18.2 Å². The lowest BCUT2D eigenvalue weighted by Gasteiger charge is -2.08. The summed E-state index contributed by atoms with van der Waals surface area (Å²) in [5, 5.41) is 2.61. The minimum atomic E-state index is -0.718. The molecule has 2 aromatic heterocycles. The van der Waals surface area contributed by atoms with E-state index in [2.05, 4.69) is 20.3 Å². The molecule has 0 radical (unpaired) electrons. The van der Waals surface area contributed by atoms with Gasteiger partial charge in [0.15, 0.2) is 0 Å². The Hall–Kier alpha value is -4.40. The molecule has 4 aromatic rings. The number of H-pyrrole nitrogens is 1. The normalized spacial score (nSPS) is 10.6. The van der Waals surface area contributed by atoms with Crippen molar-refractivity contribution < 1.29 is 9.18 Å². The smallest absolute Gasteiger partial charge is 0.333 e. The van der Waals surface area contributed by atoms with Gasteiger partial charge in [0.25, 0.3) is 11.5 Å². The topological polar surface area (TPSA) is 110 Å². The Bertz CT molecular complexity index is 1320. The van der Waals surface area contributed by atoms with Crippen molar-refractivity contribution in [2.75, 3.05) is 0 Å². The average Bonchev–Trinajstić information content (AvgIpc) is 2.78. The van der Waals surface area contributed by atoms with Crippen LogP contribution in [0.4, 0.5) is 4.39 Å². The van der Waals surface area contributed by atoms with E-state index in [9.17, 15) is 18.8 Å². The van der Waals surface area contributed by atoms with Crippen LogP contribution in [-0.2, 0) is 6.54 Å². The van der Waals surface area contributed by atoms with E-state index < -0.39 is 17.2 Å². The van der Waals surface area contributed by atoms with Crippen LogP contribution in [0.1, 0.15) is 16.2 Å². The van der Waals surface area contributed by atoms with E-state index in [-0.39, 0.29) is 18.1 Å². The SMILES string of the molecule is O=C(NCc1cc(-c2ccc(F)cc2)ncn1)c1cc(=O)n(-c2ccccc2)c(=O)[nH]1. The van der Waals surface area contributed by atoms with Crippen molar-refractivity contribution in [3.63, 3.8) is 0 Å². The van der Waals surface area contributed by atoms with Gasteiger partial charge >= 0.3 is 5.69 Å². The largest absolute Gasteiger partial charge is 0.345 e. The summed E-state index contributed by atoms with van der Waals surface area (Å²) in [6.45, 7) is 0.0410. The number of hydrogen-bond acceptors (Lipinski definition) is 5. The zero-order chi connectivity index (χ0) is 21.8. The number of hydrogen-bond donors (Lipinski definition) is 2. The first-order chi connectivity index (χ1) is 15.0. The Labute approximate surface area is 175 Å². The quantitative estimate of drug-likeness (QED) is 0.517. The van der Waals surface area contributed by atoms with Crippen LogP contribution < -0.4 is 16.6 Å². The maximum Gasteiger partial charge on any atom is 0.333 e. The molecule has 154 valence electrons. The molecule has 2 N–H and O–H groups in total. The lowest BCUT2D eigenvalue weighted by Crippen LogP contribution is -2.37. The molecule has 9 heteroatoms. The molecule has 0 saturated heterocycles. The zero-order valence-corrected chi connectivity index (χ0v) is 16.1. The van der Waals surface area contributed by atoms with Crippen LogP contribution in [0.25, 0.3) is 16.9 Å². The fourth-order valence-electron chi connectivity index (χ4n) is 2.98. The summed E-state index contributed by atoms with van der Waals surface area (Å²) in [4.78, 5) is 47.8. The molecule has 0 bridgehead atoms. The third-order valence-electron chi connectivity index (χ3n) is 4.49. The summed E-state index contributed by atoms with van der Waals surface area (Å²) < 4.78 is 14.0. The van der Waals surface area contributed by atoms with Crippen LogP contribution in [-0.4, -0.2) is 25.4 Å². The molecule has 0 aliphatic heterocycles.